The standard InChI is InChI=1S/C22H26N2Si.C13H13B/c1-3-11-21(4-2)25-22(24-17-16-23-18-24,19-12-7-5-8-13-19)20-14-9-6-10-15-20;14-13(11-7-3-1-4-8-11)12-9-5-2-6-10-12/h5-18H,3-4,25H2,1-2H3;1-10,13H,14H2. The third-order valence-corrected chi connectivity index (χ3v) is 10.4. The molecule has 0 atom stereocenters. The van der Waals surface area contributed by atoms with Crippen molar-refractivity contribution in [2.24, 2.45) is 0 Å². The third kappa shape index (κ3) is 6.96. The van der Waals surface area contributed by atoms with Crippen molar-refractivity contribution in [3.8, 4) is 0 Å². The molecule has 0 bridgehead atoms. The van der Waals surface area contributed by atoms with Crippen LogP contribution >= 0.6 is 0 Å². The maximum atomic E-state index is 4.38. The quantitative estimate of drug-likeness (QED) is 0.191. The molecule has 0 fully saturated rings. The largest absolute Gasteiger partial charge is 0.326 e. The molecule has 4 heteroatoms. The van der Waals surface area contributed by atoms with Gasteiger partial charge in [0.05, 0.1) is 21.0 Å². The Morgan fingerprint density at radius 3 is 1.62 bits per heavy atom. The van der Waals surface area contributed by atoms with E-state index in [1.54, 1.807) is 5.20 Å². The molecule has 1 aromatic heterocycles. The van der Waals surface area contributed by atoms with E-state index in [9.17, 15) is 0 Å². The molecule has 0 saturated heterocycles. The zero-order valence-corrected chi connectivity index (χ0v) is 24.9. The number of hydrogen-bond donors (Lipinski definition) is 0. The lowest BCUT2D eigenvalue weighted by molar-refractivity contribution is 0.594. The van der Waals surface area contributed by atoms with Gasteiger partial charge in [0, 0.05) is 12.4 Å². The fraction of sp³-hybridized carbons (Fsp3) is 0.171. The zero-order chi connectivity index (χ0) is 27.3. The van der Waals surface area contributed by atoms with Gasteiger partial charge < -0.3 is 4.57 Å². The highest BCUT2D eigenvalue weighted by Crippen LogP contribution is 2.35. The average Bonchev–Trinajstić information content (AvgIpc) is 3.57. The second kappa shape index (κ2) is 14.3. The molecular weight excluding hydrogens is 487 g/mol. The zero-order valence-electron chi connectivity index (χ0n) is 23.4. The van der Waals surface area contributed by atoms with Crippen molar-refractivity contribution in [1.29, 1.82) is 0 Å². The van der Waals surface area contributed by atoms with E-state index in [0.717, 1.165) is 12.8 Å². The number of imidazole rings is 1. The summed E-state index contributed by atoms with van der Waals surface area (Å²) < 4.78 is 2.32. The van der Waals surface area contributed by atoms with Crippen LogP contribution in [0.5, 0.6) is 0 Å². The van der Waals surface area contributed by atoms with Crippen LogP contribution < -0.4 is 0 Å². The van der Waals surface area contributed by atoms with Gasteiger partial charge in [-0.05, 0) is 40.9 Å². The molecular formula is C35H39BN2Si. The van der Waals surface area contributed by atoms with Crippen molar-refractivity contribution < 1.29 is 0 Å². The second-order valence-electron chi connectivity index (χ2n) is 9.91. The van der Waals surface area contributed by atoms with Crippen LogP contribution in [0.15, 0.2) is 151 Å². The molecule has 0 unspecified atom stereocenters. The third-order valence-electron chi connectivity index (χ3n) is 7.48. The molecule has 0 spiro atoms. The van der Waals surface area contributed by atoms with E-state index < -0.39 is 9.52 Å². The first-order chi connectivity index (χ1) is 19.2. The first kappa shape index (κ1) is 28.1. The molecule has 0 amide bonds. The minimum Gasteiger partial charge on any atom is -0.326 e. The summed E-state index contributed by atoms with van der Waals surface area (Å²) in [7, 11) is 1.58. The van der Waals surface area contributed by atoms with Gasteiger partial charge in [0.2, 0.25) is 0 Å². The molecule has 0 N–H and O–H groups in total. The first-order valence-electron chi connectivity index (χ1n) is 14.1. The Labute approximate surface area is 237 Å². The fourth-order valence-electron chi connectivity index (χ4n) is 5.31. The minimum absolute atomic E-state index is 0.143. The maximum absolute atomic E-state index is 4.38. The van der Waals surface area contributed by atoms with E-state index in [2.05, 4.69) is 165 Å². The van der Waals surface area contributed by atoms with Crippen LogP contribution in [0.25, 0.3) is 0 Å². The summed E-state index contributed by atoms with van der Waals surface area (Å²) >= 11 is 0. The van der Waals surface area contributed by atoms with Crippen LogP contribution in [0.1, 0.15) is 54.8 Å². The number of nitrogens with zero attached hydrogens (tertiary/aromatic N) is 2. The molecule has 1 heterocycles. The molecule has 39 heavy (non-hydrogen) atoms. The Kier molecular flexibility index (Phi) is 10.3. The molecule has 0 radical (unpaired) electrons. The number of aromatic nitrogens is 2. The fourth-order valence-corrected chi connectivity index (χ4v) is 7.90. The first-order valence-corrected chi connectivity index (χ1v) is 15.5. The predicted octanol–water partition coefficient (Wildman–Crippen LogP) is 6.91. The van der Waals surface area contributed by atoms with Gasteiger partial charge in [-0.1, -0.05) is 146 Å². The molecule has 5 rings (SSSR count). The van der Waals surface area contributed by atoms with Gasteiger partial charge in [0.25, 0.3) is 0 Å². The predicted molar refractivity (Wildman–Crippen MR) is 172 cm³/mol. The highest BCUT2D eigenvalue weighted by atomic mass is 28.2. The van der Waals surface area contributed by atoms with E-state index in [1.807, 2.05) is 12.5 Å². The van der Waals surface area contributed by atoms with E-state index in [4.69, 9.17) is 0 Å². The van der Waals surface area contributed by atoms with Gasteiger partial charge in [-0.3, -0.25) is 0 Å². The van der Waals surface area contributed by atoms with Gasteiger partial charge in [-0.2, -0.15) is 0 Å². The molecule has 0 aliphatic rings. The summed E-state index contributed by atoms with van der Waals surface area (Å²) in [5, 5.41) is 1.47. The monoisotopic (exact) mass is 526 g/mol. The Hall–Kier alpha value is -3.89. The van der Waals surface area contributed by atoms with E-state index >= 15 is 0 Å². The van der Waals surface area contributed by atoms with Gasteiger partial charge in [0.1, 0.15) is 7.85 Å². The van der Waals surface area contributed by atoms with Crippen LogP contribution in [-0.2, 0) is 5.16 Å². The average molecular weight is 527 g/mol. The van der Waals surface area contributed by atoms with Gasteiger partial charge in [-0.15, -0.1) is 0 Å². The second-order valence-corrected chi connectivity index (χ2v) is 12.2. The van der Waals surface area contributed by atoms with Crippen molar-refractivity contribution in [2.45, 2.75) is 37.7 Å². The number of allylic oxidation sites excluding steroid dienone is 2. The Bertz CT molecular complexity index is 1310. The summed E-state index contributed by atoms with van der Waals surface area (Å²) in [4.78, 5) is 4.38. The molecule has 2 nitrogen and oxygen atoms in total. The maximum Gasteiger partial charge on any atom is 0.116 e. The van der Waals surface area contributed by atoms with Gasteiger partial charge >= 0.3 is 0 Å². The van der Waals surface area contributed by atoms with Gasteiger partial charge in [-0.25, -0.2) is 4.98 Å². The van der Waals surface area contributed by atoms with Crippen molar-refractivity contribution in [3.63, 3.8) is 0 Å². The summed E-state index contributed by atoms with van der Waals surface area (Å²) in [5.41, 5.74) is 5.44. The van der Waals surface area contributed by atoms with Crippen LogP contribution in [-0.4, -0.2) is 26.9 Å². The highest BCUT2D eigenvalue weighted by molar-refractivity contribution is 6.50. The summed E-state index contributed by atoms with van der Waals surface area (Å²) in [6.07, 6.45) is 10.6. The van der Waals surface area contributed by atoms with Gasteiger partial charge in [0.15, 0.2) is 0 Å². The van der Waals surface area contributed by atoms with Crippen molar-refractivity contribution in [3.05, 3.63) is 174 Å². The highest BCUT2D eigenvalue weighted by Gasteiger charge is 2.36. The van der Waals surface area contributed by atoms with E-state index in [1.165, 1.54) is 22.3 Å². The van der Waals surface area contributed by atoms with E-state index in [0.29, 0.717) is 5.82 Å². The lowest BCUT2D eigenvalue weighted by Crippen LogP contribution is -2.42. The van der Waals surface area contributed by atoms with Crippen molar-refractivity contribution in [1.82, 2.24) is 9.55 Å². The number of hydrogen-bond acceptors (Lipinski definition) is 1. The lowest BCUT2D eigenvalue weighted by atomic mass is 9.76. The SMILES string of the molecule is BC(c1ccccc1)c1ccccc1.CCC=C(CC)[SiH2]C(c1ccccc1)(c1ccccc1)n1ccnc1. The van der Waals surface area contributed by atoms with E-state index in [-0.39, 0.29) is 5.16 Å². The van der Waals surface area contributed by atoms with Crippen LogP contribution in [0, 0.1) is 0 Å². The van der Waals surface area contributed by atoms with Crippen LogP contribution in [0.3, 0.4) is 0 Å². The Morgan fingerprint density at radius 1 is 0.769 bits per heavy atom. The van der Waals surface area contributed by atoms with Crippen molar-refractivity contribution >= 4 is 17.4 Å². The summed E-state index contributed by atoms with van der Waals surface area (Å²) in [6.45, 7) is 4.51. The topological polar surface area (TPSA) is 17.8 Å². The Balaban J connectivity index is 0.000000212. The summed E-state index contributed by atoms with van der Waals surface area (Å²) in [5.74, 6) is 0.484. The Morgan fingerprint density at radius 2 is 1.23 bits per heavy atom. The molecule has 196 valence electrons. The van der Waals surface area contributed by atoms with Crippen LogP contribution in [0.4, 0.5) is 0 Å². The minimum atomic E-state index is -0.660. The molecule has 0 saturated carbocycles. The molecule has 5 aromatic rings. The molecule has 0 aliphatic heterocycles. The molecule has 4 aromatic carbocycles. The smallest absolute Gasteiger partial charge is 0.116 e. The van der Waals surface area contributed by atoms with Crippen molar-refractivity contribution in [2.75, 3.05) is 0 Å². The lowest BCUT2D eigenvalue weighted by Gasteiger charge is -2.37. The van der Waals surface area contributed by atoms with Crippen LogP contribution in [0.2, 0.25) is 0 Å². The summed E-state index contributed by atoms with van der Waals surface area (Å²) in [6, 6.07) is 43.0. The molecule has 0 aliphatic carbocycles. The number of benzene rings is 4. The number of rotatable bonds is 9. The normalized spacial score (nSPS) is 11.9.